The van der Waals surface area contributed by atoms with Crippen molar-refractivity contribution in [2.75, 3.05) is 19.7 Å². The van der Waals surface area contributed by atoms with Gasteiger partial charge in [0.2, 0.25) is 0 Å². The molecule has 1 heterocycles. The fourth-order valence-corrected chi connectivity index (χ4v) is 4.41. The summed E-state index contributed by atoms with van der Waals surface area (Å²) >= 11 is 0. The van der Waals surface area contributed by atoms with Crippen molar-refractivity contribution >= 4 is 15.8 Å². The Morgan fingerprint density at radius 2 is 1.81 bits per heavy atom. The molecular weight excluding hydrogens is 368 g/mol. The zero-order valence-electron chi connectivity index (χ0n) is 14.8. The number of nitrogens with zero attached hydrogens (tertiary/aromatic N) is 1. The first-order valence-electron chi connectivity index (χ1n) is 8.87. The molecule has 0 amide bonds. The zero-order valence-corrected chi connectivity index (χ0v) is 15.6. The van der Waals surface area contributed by atoms with Crippen molar-refractivity contribution in [1.82, 2.24) is 5.32 Å². The lowest BCUT2D eigenvalue weighted by Crippen LogP contribution is -2.36. The van der Waals surface area contributed by atoms with Gasteiger partial charge in [0, 0.05) is 12.1 Å². The summed E-state index contributed by atoms with van der Waals surface area (Å²) < 4.78 is 29.7. The van der Waals surface area contributed by atoms with Gasteiger partial charge >= 0.3 is 0 Å². The number of piperidine rings is 1. The minimum absolute atomic E-state index is 0.0709. The SMILES string of the molecule is O=[N+]([O-])c1ccc(C2CCNCC2CCOS(=O)(=O)c2ccccc2)cc1. The predicted molar refractivity (Wildman–Crippen MR) is 101 cm³/mol. The van der Waals surface area contributed by atoms with Gasteiger partial charge in [0.25, 0.3) is 15.8 Å². The number of hydrogen-bond acceptors (Lipinski definition) is 6. The first kappa shape index (κ1) is 19.5. The summed E-state index contributed by atoms with van der Waals surface area (Å²) in [5, 5.41) is 14.2. The molecule has 0 spiro atoms. The second-order valence-corrected chi connectivity index (χ2v) is 8.20. The van der Waals surface area contributed by atoms with E-state index >= 15 is 0 Å². The molecule has 8 heteroatoms. The van der Waals surface area contributed by atoms with Crippen LogP contribution in [0.4, 0.5) is 5.69 Å². The van der Waals surface area contributed by atoms with E-state index in [2.05, 4.69) is 5.32 Å². The first-order valence-corrected chi connectivity index (χ1v) is 10.3. The number of hydrogen-bond donors (Lipinski definition) is 1. The van der Waals surface area contributed by atoms with E-state index in [0.717, 1.165) is 25.1 Å². The summed E-state index contributed by atoms with van der Waals surface area (Å²) in [5.74, 6) is 0.418. The normalized spacial score (nSPS) is 20.3. The third-order valence-electron chi connectivity index (χ3n) is 4.90. The van der Waals surface area contributed by atoms with E-state index in [9.17, 15) is 18.5 Å². The highest BCUT2D eigenvalue weighted by Crippen LogP contribution is 2.33. The average Bonchev–Trinajstić information content (AvgIpc) is 2.69. The molecule has 7 nitrogen and oxygen atoms in total. The molecule has 0 bridgehead atoms. The third-order valence-corrected chi connectivity index (χ3v) is 6.23. The summed E-state index contributed by atoms with van der Waals surface area (Å²) in [6.07, 6.45) is 1.48. The highest BCUT2D eigenvalue weighted by Gasteiger charge is 2.27. The van der Waals surface area contributed by atoms with Crippen molar-refractivity contribution in [1.29, 1.82) is 0 Å². The molecule has 0 saturated carbocycles. The molecule has 1 saturated heterocycles. The van der Waals surface area contributed by atoms with Crippen LogP contribution in [0.1, 0.15) is 24.3 Å². The van der Waals surface area contributed by atoms with Gasteiger partial charge in [0.15, 0.2) is 0 Å². The van der Waals surface area contributed by atoms with Crippen LogP contribution in [0.5, 0.6) is 0 Å². The van der Waals surface area contributed by atoms with Gasteiger partial charge in [-0.2, -0.15) is 8.42 Å². The lowest BCUT2D eigenvalue weighted by Gasteiger charge is -2.32. The van der Waals surface area contributed by atoms with Crippen molar-refractivity contribution < 1.29 is 17.5 Å². The molecule has 1 N–H and O–H groups in total. The fourth-order valence-electron chi connectivity index (χ4n) is 3.47. The quantitative estimate of drug-likeness (QED) is 0.443. The maximum atomic E-state index is 12.2. The lowest BCUT2D eigenvalue weighted by atomic mass is 9.79. The average molecular weight is 390 g/mol. The van der Waals surface area contributed by atoms with Gasteiger partial charge in [0.1, 0.15) is 0 Å². The van der Waals surface area contributed by atoms with Crippen LogP contribution >= 0.6 is 0 Å². The first-order chi connectivity index (χ1) is 13.0. The number of benzene rings is 2. The molecule has 0 aliphatic carbocycles. The Morgan fingerprint density at radius 3 is 2.48 bits per heavy atom. The Kier molecular flexibility index (Phi) is 6.20. The molecular formula is C19H22N2O5S. The molecule has 1 aliphatic rings. The topological polar surface area (TPSA) is 98.5 Å². The maximum Gasteiger partial charge on any atom is 0.296 e. The maximum absolute atomic E-state index is 12.2. The number of rotatable bonds is 7. The number of nitrogens with one attached hydrogen (secondary N) is 1. The van der Waals surface area contributed by atoms with Crippen LogP contribution in [-0.2, 0) is 14.3 Å². The van der Waals surface area contributed by atoms with Gasteiger partial charge in [0.05, 0.1) is 16.4 Å². The van der Waals surface area contributed by atoms with Crippen molar-refractivity contribution in [2.24, 2.45) is 5.92 Å². The zero-order chi connectivity index (χ0) is 19.3. The van der Waals surface area contributed by atoms with E-state index in [0.29, 0.717) is 6.42 Å². The molecule has 2 unspecified atom stereocenters. The standard InChI is InChI=1S/C19H22N2O5S/c22-21(23)17-8-6-15(7-9-17)19-10-12-20-14-16(19)11-13-26-27(24,25)18-4-2-1-3-5-18/h1-9,16,19-20H,10-14H2. The minimum atomic E-state index is -3.75. The van der Waals surface area contributed by atoms with E-state index in [1.807, 2.05) is 0 Å². The Labute approximate surface area is 158 Å². The van der Waals surface area contributed by atoms with E-state index in [4.69, 9.17) is 4.18 Å². The lowest BCUT2D eigenvalue weighted by molar-refractivity contribution is -0.384. The van der Waals surface area contributed by atoms with Gasteiger partial charge in [-0.3, -0.25) is 14.3 Å². The molecule has 27 heavy (non-hydrogen) atoms. The van der Waals surface area contributed by atoms with Gasteiger partial charge in [-0.1, -0.05) is 30.3 Å². The largest absolute Gasteiger partial charge is 0.316 e. The smallest absolute Gasteiger partial charge is 0.296 e. The van der Waals surface area contributed by atoms with Crippen molar-refractivity contribution in [3.05, 3.63) is 70.3 Å². The monoisotopic (exact) mass is 390 g/mol. The number of nitro groups is 1. The van der Waals surface area contributed by atoms with Crippen molar-refractivity contribution in [2.45, 2.75) is 23.7 Å². The Balaban J connectivity index is 1.63. The second kappa shape index (κ2) is 8.60. The molecule has 144 valence electrons. The minimum Gasteiger partial charge on any atom is -0.316 e. The highest BCUT2D eigenvalue weighted by molar-refractivity contribution is 7.86. The van der Waals surface area contributed by atoms with Crippen LogP contribution in [0.25, 0.3) is 0 Å². The second-order valence-electron chi connectivity index (χ2n) is 6.59. The Morgan fingerprint density at radius 1 is 1.11 bits per heavy atom. The van der Waals surface area contributed by atoms with Gasteiger partial charge < -0.3 is 5.32 Å². The van der Waals surface area contributed by atoms with Crippen LogP contribution in [-0.4, -0.2) is 33.0 Å². The summed E-state index contributed by atoms with van der Waals surface area (Å²) in [7, 11) is -3.75. The van der Waals surface area contributed by atoms with Crippen LogP contribution in [0.15, 0.2) is 59.5 Å². The highest BCUT2D eigenvalue weighted by atomic mass is 32.2. The van der Waals surface area contributed by atoms with E-state index in [1.54, 1.807) is 30.3 Å². The van der Waals surface area contributed by atoms with Crippen molar-refractivity contribution in [3.8, 4) is 0 Å². The van der Waals surface area contributed by atoms with Gasteiger partial charge in [-0.05, 0) is 55.5 Å². The predicted octanol–water partition coefficient (Wildman–Crippen LogP) is 3.08. The van der Waals surface area contributed by atoms with Gasteiger partial charge in [-0.15, -0.1) is 0 Å². The Bertz CT molecular complexity index is 869. The number of nitro benzene ring substituents is 1. The molecule has 0 aromatic heterocycles. The molecule has 0 radical (unpaired) electrons. The number of non-ortho nitro benzene ring substituents is 1. The van der Waals surface area contributed by atoms with Crippen LogP contribution in [0.2, 0.25) is 0 Å². The third kappa shape index (κ3) is 4.91. The van der Waals surface area contributed by atoms with Crippen molar-refractivity contribution in [3.63, 3.8) is 0 Å². The molecule has 2 aromatic rings. The summed E-state index contributed by atoms with van der Waals surface area (Å²) in [4.78, 5) is 10.6. The van der Waals surface area contributed by atoms with E-state index in [1.165, 1.54) is 24.3 Å². The van der Waals surface area contributed by atoms with E-state index in [-0.39, 0.29) is 29.0 Å². The van der Waals surface area contributed by atoms with Crippen LogP contribution in [0, 0.1) is 16.0 Å². The summed E-state index contributed by atoms with van der Waals surface area (Å²) in [6, 6.07) is 14.7. The summed E-state index contributed by atoms with van der Waals surface area (Å²) in [6.45, 7) is 1.73. The molecule has 1 aliphatic heterocycles. The molecule has 2 atom stereocenters. The fraction of sp³-hybridized carbons (Fsp3) is 0.368. The summed E-state index contributed by atoms with van der Waals surface area (Å²) in [5.41, 5.74) is 1.11. The molecule has 2 aromatic carbocycles. The van der Waals surface area contributed by atoms with Gasteiger partial charge in [-0.25, -0.2) is 0 Å². The van der Waals surface area contributed by atoms with Crippen LogP contribution < -0.4 is 5.32 Å². The Hall–Kier alpha value is -2.29. The molecule has 1 fully saturated rings. The van der Waals surface area contributed by atoms with E-state index < -0.39 is 15.0 Å². The molecule has 3 rings (SSSR count). The van der Waals surface area contributed by atoms with Crippen LogP contribution in [0.3, 0.4) is 0 Å².